The molecule has 1 aromatic carbocycles. The Morgan fingerprint density at radius 2 is 1.82 bits per heavy atom. The van der Waals surface area contributed by atoms with E-state index in [1.54, 1.807) is 0 Å². The monoisotopic (exact) mass is 235 g/mol. The average Bonchev–Trinajstić information content (AvgIpc) is 2.34. The first-order valence-electron chi connectivity index (χ1n) is 6.62. The Balaban J connectivity index is 2.40. The third kappa shape index (κ3) is 5.33. The summed E-state index contributed by atoms with van der Waals surface area (Å²) in [5.74, 6) is 1.22. The van der Waals surface area contributed by atoms with Crippen LogP contribution in [0, 0.1) is 5.92 Å². The molecule has 0 aliphatic heterocycles. The molecule has 0 saturated heterocycles. The van der Waals surface area contributed by atoms with Gasteiger partial charge in [-0.25, -0.2) is 0 Å². The van der Waals surface area contributed by atoms with Crippen LogP contribution in [0.4, 0.5) is 0 Å². The average molecular weight is 235 g/mol. The van der Waals surface area contributed by atoms with Crippen molar-refractivity contribution in [2.24, 2.45) is 5.92 Å². The largest absolute Gasteiger partial charge is 0.396 e. The normalized spacial score (nSPS) is 12.9. The highest BCUT2D eigenvalue weighted by atomic mass is 16.2. The summed E-state index contributed by atoms with van der Waals surface area (Å²) in [7, 11) is 0. The van der Waals surface area contributed by atoms with Crippen LogP contribution in [0.3, 0.4) is 0 Å². The number of hydrogen-bond donors (Lipinski definition) is 2. The van der Waals surface area contributed by atoms with Crippen molar-refractivity contribution in [1.82, 2.24) is 5.32 Å². The minimum atomic E-state index is 0.300. The van der Waals surface area contributed by atoms with Crippen molar-refractivity contribution in [3.63, 3.8) is 0 Å². The van der Waals surface area contributed by atoms with E-state index in [1.807, 2.05) is 0 Å². The Kier molecular flexibility index (Phi) is 6.90. The Morgan fingerprint density at radius 1 is 1.12 bits per heavy atom. The first-order chi connectivity index (χ1) is 8.25. The lowest BCUT2D eigenvalue weighted by atomic mass is 9.88. The summed E-state index contributed by atoms with van der Waals surface area (Å²) in [6.07, 6.45) is 1.95. The summed E-state index contributed by atoms with van der Waals surface area (Å²) in [5.41, 5.74) is 1.41. The molecule has 0 aromatic heterocycles. The summed E-state index contributed by atoms with van der Waals surface area (Å²) in [6, 6.07) is 10.7. The Bertz CT molecular complexity index is 284. The molecule has 2 nitrogen and oxygen atoms in total. The molecule has 0 radical (unpaired) electrons. The summed E-state index contributed by atoms with van der Waals surface area (Å²) < 4.78 is 0. The Morgan fingerprint density at radius 3 is 2.41 bits per heavy atom. The van der Waals surface area contributed by atoms with Crippen LogP contribution in [0.15, 0.2) is 30.3 Å². The van der Waals surface area contributed by atoms with Gasteiger partial charge >= 0.3 is 0 Å². The Labute approximate surface area is 105 Å². The van der Waals surface area contributed by atoms with E-state index in [-0.39, 0.29) is 0 Å². The molecule has 0 amide bonds. The van der Waals surface area contributed by atoms with Crippen LogP contribution in [0.25, 0.3) is 0 Å². The fourth-order valence-electron chi connectivity index (χ4n) is 2.06. The van der Waals surface area contributed by atoms with Gasteiger partial charge in [-0.2, -0.15) is 0 Å². The predicted octanol–water partition coefficient (Wildman–Crippen LogP) is 2.79. The van der Waals surface area contributed by atoms with Crippen LogP contribution in [0.2, 0.25) is 0 Å². The molecule has 1 rings (SSSR count). The van der Waals surface area contributed by atoms with Crippen LogP contribution in [0.5, 0.6) is 0 Å². The van der Waals surface area contributed by atoms with Crippen molar-refractivity contribution in [2.75, 3.05) is 19.7 Å². The van der Waals surface area contributed by atoms with Crippen molar-refractivity contribution in [1.29, 1.82) is 0 Å². The fourth-order valence-corrected chi connectivity index (χ4v) is 2.06. The van der Waals surface area contributed by atoms with Gasteiger partial charge in [0, 0.05) is 13.2 Å². The van der Waals surface area contributed by atoms with Crippen molar-refractivity contribution < 1.29 is 5.11 Å². The quantitative estimate of drug-likeness (QED) is 0.679. The smallest absolute Gasteiger partial charge is 0.0431 e. The first kappa shape index (κ1) is 14.2. The number of aliphatic hydroxyl groups is 1. The molecule has 0 heterocycles. The van der Waals surface area contributed by atoms with E-state index < -0.39 is 0 Å². The van der Waals surface area contributed by atoms with E-state index in [0.29, 0.717) is 18.4 Å². The van der Waals surface area contributed by atoms with Crippen molar-refractivity contribution in [2.45, 2.75) is 32.6 Å². The number of nitrogens with one attached hydrogen (secondary N) is 1. The van der Waals surface area contributed by atoms with E-state index in [1.165, 1.54) is 5.56 Å². The third-order valence-electron chi connectivity index (χ3n) is 3.16. The minimum Gasteiger partial charge on any atom is -0.396 e. The molecule has 2 heteroatoms. The molecular weight excluding hydrogens is 210 g/mol. The number of unbranched alkanes of at least 4 members (excludes halogenated alkanes) is 1. The summed E-state index contributed by atoms with van der Waals surface area (Å²) in [5, 5.41) is 12.2. The summed E-state index contributed by atoms with van der Waals surface area (Å²) in [4.78, 5) is 0. The van der Waals surface area contributed by atoms with E-state index in [0.717, 1.165) is 25.9 Å². The van der Waals surface area contributed by atoms with Crippen LogP contribution in [0.1, 0.15) is 38.2 Å². The second-order valence-electron chi connectivity index (χ2n) is 4.90. The number of aliphatic hydroxyl groups excluding tert-OH is 1. The topological polar surface area (TPSA) is 32.3 Å². The van der Waals surface area contributed by atoms with Gasteiger partial charge in [0.1, 0.15) is 0 Å². The highest BCUT2D eigenvalue weighted by Gasteiger charge is 2.14. The molecule has 0 aliphatic rings. The lowest BCUT2D eigenvalue weighted by Gasteiger charge is -2.22. The molecular formula is C15H25NO. The SMILES string of the molecule is CC(C)C(CNCCCCO)c1ccccc1. The van der Waals surface area contributed by atoms with Gasteiger partial charge in [0.2, 0.25) is 0 Å². The van der Waals surface area contributed by atoms with Crippen LogP contribution >= 0.6 is 0 Å². The van der Waals surface area contributed by atoms with Crippen molar-refractivity contribution in [3.8, 4) is 0 Å². The van der Waals surface area contributed by atoms with Crippen LogP contribution in [-0.4, -0.2) is 24.8 Å². The zero-order chi connectivity index (χ0) is 12.5. The van der Waals surface area contributed by atoms with E-state index in [4.69, 9.17) is 5.11 Å². The van der Waals surface area contributed by atoms with E-state index in [2.05, 4.69) is 49.5 Å². The second kappa shape index (κ2) is 8.26. The van der Waals surface area contributed by atoms with E-state index >= 15 is 0 Å². The van der Waals surface area contributed by atoms with Gasteiger partial charge in [0.25, 0.3) is 0 Å². The van der Waals surface area contributed by atoms with Gasteiger partial charge in [-0.05, 0) is 36.8 Å². The number of hydrogen-bond acceptors (Lipinski definition) is 2. The zero-order valence-electron chi connectivity index (χ0n) is 11.0. The third-order valence-corrected chi connectivity index (χ3v) is 3.16. The summed E-state index contributed by atoms with van der Waals surface area (Å²) in [6.45, 7) is 6.86. The molecule has 0 saturated carbocycles. The van der Waals surface area contributed by atoms with Crippen LogP contribution in [-0.2, 0) is 0 Å². The second-order valence-corrected chi connectivity index (χ2v) is 4.90. The fraction of sp³-hybridized carbons (Fsp3) is 0.600. The highest BCUT2D eigenvalue weighted by Crippen LogP contribution is 2.23. The molecule has 2 N–H and O–H groups in total. The molecule has 1 atom stereocenters. The lowest BCUT2D eigenvalue weighted by Crippen LogP contribution is -2.25. The van der Waals surface area contributed by atoms with Gasteiger partial charge in [-0.3, -0.25) is 0 Å². The van der Waals surface area contributed by atoms with Gasteiger partial charge in [0.05, 0.1) is 0 Å². The van der Waals surface area contributed by atoms with E-state index in [9.17, 15) is 0 Å². The maximum Gasteiger partial charge on any atom is 0.0431 e. The maximum atomic E-state index is 8.71. The molecule has 17 heavy (non-hydrogen) atoms. The van der Waals surface area contributed by atoms with Gasteiger partial charge in [0.15, 0.2) is 0 Å². The number of benzene rings is 1. The molecule has 1 unspecified atom stereocenters. The molecule has 96 valence electrons. The lowest BCUT2D eigenvalue weighted by molar-refractivity contribution is 0.283. The molecule has 1 aromatic rings. The molecule has 0 fully saturated rings. The van der Waals surface area contributed by atoms with Crippen molar-refractivity contribution in [3.05, 3.63) is 35.9 Å². The predicted molar refractivity (Wildman–Crippen MR) is 73.2 cm³/mol. The molecule has 0 aliphatic carbocycles. The summed E-state index contributed by atoms with van der Waals surface area (Å²) >= 11 is 0. The zero-order valence-corrected chi connectivity index (χ0v) is 11.0. The molecule has 0 bridgehead atoms. The minimum absolute atomic E-state index is 0.300. The molecule has 0 spiro atoms. The van der Waals surface area contributed by atoms with Gasteiger partial charge in [-0.15, -0.1) is 0 Å². The van der Waals surface area contributed by atoms with Crippen molar-refractivity contribution >= 4 is 0 Å². The highest BCUT2D eigenvalue weighted by molar-refractivity contribution is 5.20. The van der Waals surface area contributed by atoms with Gasteiger partial charge in [-0.1, -0.05) is 44.2 Å². The van der Waals surface area contributed by atoms with Gasteiger partial charge < -0.3 is 10.4 Å². The first-order valence-corrected chi connectivity index (χ1v) is 6.62. The number of rotatable bonds is 8. The Hall–Kier alpha value is -0.860. The maximum absolute atomic E-state index is 8.71. The van der Waals surface area contributed by atoms with Crippen LogP contribution < -0.4 is 5.32 Å². The standard InChI is InChI=1S/C15H25NO/c1-13(2)15(12-16-10-6-7-11-17)14-8-4-3-5-9-14/h3-5,8-9,13,15-17H,6-7,10-12H2,1-2H3.